The lowest BCUT2D eigenvalue weighted by atomic mass is 10.0. The van der Waals surface area contributed by atoms with E-state index in [9.17, 15) is 34.1 Å². The smallest absolute Gasteiger partial charge is 0.472 e. The third-order valence-corrected chi connectivity index (χ3v) is 11.4. The molecule has 3 atom stereocenters. The van der Waals surface area contributed by atoms with Crippen molar-refractivity contribution in [2.24, 2.45) is 0 Å². The molecule has 11 nitrogen and oxygen atoms in total. The summed E-state index contributed by atoms with van der Waals surface area (Å²) in [5.74, 6) is -2.37. The third kappa shape index (κ3) is 42.4. The third-order valence-electron chi connectivity index (χ3n) is 10.5. The van der Waals surface area contributed by atoms with Crippen LogP contribution in [0.5, 0.6) is 0 Å². The molecule has 0 aromatic heterocycles. The van der Waals surface area contributed by atoms with Crippen LogP contribution in [0.25, 0.3) is 0 Å². The van der Waals surface area contributed by atoms with Crippen LogP contribution < -0.4 is 5.32 Å². The number of unbranched alkanes of at least 4 members (excludes halogenated alkanes) is 27. The highest BCUT2D eigenvalue weighted by Gasteiger charge is 2.28. The number of allylic oxidation sites excluding steroid dienone is 4. The minimum absolute atomic E-state index is 0.138. The zero-order valence-corrected chi connectivity index (χ0v) is 38.5. The molecular weight excluding hydrogens is 769 g/mol. The minimum atomic E-state index is -4.76. The van der Waals surface area contributed by atoms with Gasteiger partial charge in [-0.3, -0.25) is 18.6 Å². The SMILES string of the molecule is CCCCCC/C=C\C/C=C\CCCCCCCCCC(=O)NC(COP(=O)(O)OCC(O)COC(=O)CCCCCCCCCCCCCCCCCCC)C(=O)O. The predicted octanol–water partition coefficient (Wildman–Crippen LogP) is 12.6. The van der Waals surface area contributed by atoms with Crippen molar-refractivity contribution in [1.82, 2.24) is 5.32 Å². The van der Waals surface area contributed by atoms with Crippen LogP contribution in [0.15, 0.2) is 24.3 Å². The summed E-state index contributed by atoms with van der Waals surface area (Å²) in [4.78, 5) is 46.0. The molecule has 0 saturated heterocycles. The Hall–Kier alpha value is -2.04. The molecule has 1 amide bonds. The Labute approximate surface area is 359 Å². The van der Waals surface area contributed by atoms with E-state index in [-0.39, 0.29) is 12.8 Å². The molecule has 3 unspecified atom stereocenters. The first-order valence-corrected chi connectivity index (χ1v) is 25.4. The number of amides is 1. The van der Waals surface area contributed by atoms with Gasteiger partial charge in [0, 0.05) is 12.8 Å². The van der Waals surface area contributed by atoms with Gasteiger partial charge >= 0.3 is 19.8 Å². The summed E-state index contributed by atoms with van der Waals surface area (Å²) in [5, 5.41) is 21.9. The van der Waals surface area contributed by atoms with Crippen molar-refractivity contribution in [3.05, 3.63) is 24.3 Å². The molecule has 0 heterocycles. The molecule has 0 rings (SSSR count). The standard InChI is InChI=1S/C47H88NO10P/c1-3-5-7-9-11-13-15-17-19-21-23-24-26-28-30-32-34-36-38-45(50)48-44(47(52)53)42-58-59(54,55)57-41-43(49)40-56-46(51)39-37-35-33-31-29-27-25-22-20-18-16-14-12-10-8-6-4-2/h13,15,19,21,43-44,49H,3-12,14,16-18,20,22-42H2,1-2H3,(H,48,50)(H,52,53)(H,54,55)/b15-13-,21-19-. The summed E-state index contributed by atoms with van der Waals surface area (Å²) in [6, 6.07) is -1.55. The van der Waals surface area contributed by atoms with Crippen molar-refractivity contribution in [1.29, 1.82) is 0 Å². The minimum Gasteiger partial charge on any atom is -0.480 e. The summed E-state index contributed by atoms with van der Waals surface area (Å²) in [6.45, 7) is 2.60. The highest BCUT2D eigenvalue weighted by molar-refractivity contribution is 7.47. The molecule has 0 aliphatic heterocycles. The molecule has 12 heteroatoms. The molecule has 0 aromatic carbocycles. The van der Waals surface area contributed by atoms with Crippen LogP contribution in [-0.2, 0) is 32.7 Å². The van der Waals surface area contributed by atoms with Gasteiger partial charge in [-0.05, 0) is 44.9 Å². The average Bonchev–Trinajstić information content (AvgIpc) is 3.21. The first-order chi connectivity index (χ1) is 28.6. The number of esters is 1. The van der Waals surface area contributed by atoms with E-state index >= 15 is 0 Å². The fraction of sp³-hybridized carbons (Fsp3) is 0.851. The number of nitrogens with one attached hydrogen (secondary N) is 1. The van der Waals surface area contributed by atoms with Gasteiger partial charge in [-0.2, -0.15) is 0 Å². The second-order valence-electron chi connectivity index (χ2n) is 16.3. The summed E-state index contributed by atoms with van der Waals surface area (Å²) >= 11 is 0. The van der Waals surface area contributed by atoms with Crippen molar-refractivity contribution < 1.29 is 47.8 Å². The van der Waals surface area contributed by atoms with Gasteiger partial charge in [0.05, 0.1) is 13.2 Å². The number of carboxylic acid groups (broad SMARTS) is 1. The topological polar surface area (TPSA) is 169 Å². The first kappa shape index (κ1) is 57.0. The normalized spacial score (nSPS) is 13.8. The second-order valence-corrected chi connectivity index (χ2v) is 17.8. The number of ether oxygens (including phenoxy) is 1. The van der Waals surface area contributed by atoms with Crippen LogP contribution in [0.3, 0.4) is 0 Å². The fourth-order valence-corrected chi connectivity index (χ4v) is 7.53. The van der Waals surface area contributed by atoms with Gasteiger partial charge in [-0.25, -0.2) is 9.36 Å². The van der Waals surface area contributed by atoms with Gasteiger partial charge in [0.15, 0.2) is 6.04 Å². The van der Waals surface area contributed by atoms with Crippen molar-refractivity contribution in [2.45, 2.75) is 238 Å². The van der Waals surface area contributed by atoms with E-state index in [4.69, 9.17) is 13.8 Å². The van der Waals surface area contributed by atoms with Gasteiger partial charge in [0.1, 0.15) is 12.7 Å². The molecule has 0 saturated carbocycles. The zero-order chi connectivity index (χ0) is 43.5. The number of carboxylic acids is 1. The Kier molecular flexibility index (Phi) is 41.2. The van der Waals surface area contributed by atoms with E-state index in [1.807, 2.05) is 0 Å². The van der Waals surface area contributed by atoms with Gasteiger partial charge < -0.3 is 25.2 Å². The monoisotopic (exact) mass is 858 g/mol. The van der Waals surface area contributed by atoms with Crippen LogP contribution in [0, 0.1) is 0 Å². The average molecular weight is 858 g/mol. The summed E-state index contributed by atoms with van der Waals surface area (Å²) in [5.41, 5.74) is 0. The van der Waals surface area contributed by atoms with Gasteiger partial charge in [0.25, 0.3) is 0 Å². The molecule has 0 bridgehead atoms. The largest absolute Gasteiger partial charge is 0.480 e. The van der Waals surface area contributed by atoms with E-state index in [0.717, 1.165) is 57.8 Å². The van der Waals surface area contributed by atoms with Crippen molar-refractivity contribution in [3.63, 3.8) is 0 Å². The molecule has 0 aliphatic carbocycles. The Morgan fingerprint density at radius 2 is 0.932 bits per heavy atom. The maximum absolute atomic E-state index is 12.3. The molecular formula is C47H88NO10P. The molecule has 0 radical (unpaired) electrons. The van der Waals surface area contributed by atoms with Crippen LogP contribution in [0.4, 0.5) is 0 Å². The van der Waals surface area contributed by atoms with E-state index < -0.39 is 57.6 Å². The second kappa shape index (κ2) is 42.6. The number of aliphatic carboxylic acids is 1. The predicted molar refractivity (Wildman–Crippen MR) is 240 cm³/mol. The summed E-state index contributed by atoms with van der Waals surface area (Å²) in [6.07, 6.45) is 44.8. The zero-order valence-electron chi connectivity index (χ0n) is 37.6. The molecule has 0 fully saturated rings. The summed E-state index contributed by atoms with van der Waals surface area (Å²) < 4.78 is 26.9. The number of hydrogen-bond donors (Lipinski definition) is 4. The maximum atomic E-state index is 12.3. The van der Waals surface area contributed by atoms with Gasteiger partial charge in [-0.15, -0.1) is 0 Å². The molecule has 4 N–H and O–H groups in total. The van der Waals surface area contributed by atoms with Gasteiger partial charge in [0.2, 0.25) is 5.91 Å². The van der Waals surface area contributed by atoms with Crippen molar-refractivity contribution in [2.75, 3.05) is 19.8 Å². The highest BCUT2D eigenvalue weighted by Crippen LogP contribution is 2.43. The van der Waals surface area contributed by atoms with Crippen molar-refractivity contribution in [3.8, 4) is 0 Å². The molecule has 59 heavy (non-hydrogen) atoms. The number of phosphoric ester groups is 1. The van der Waals surface area contributed by atoms with Crippen LogP contribution in [-0.4, -0.2) is 64.9 Å². The highest BCUT2D eigenvalue weighted by atomic mass is 31.2. The molecule has 0 spiro atoms. The molecule has 0 aromatic rings. The lowest BCUT2D eigenvalue weighted by Gasteiger charge is -2.18. The maximum Gasteiger partial charge on any atom is 0.472 e. The quantitative estimate of drug-likeness (QED) is 0.0200. The number of carbonyl (C=O) groups excluding carboxylic acids is 2. The fourth-order valence-electron chi connectivity index (χ4n) is 6.76. The van der Waals surface area contributed by atoms with Gasteiger partial charge in [-0.1, -0.05) is 192 Å². The van der Waals surface area contributed by atoms with E-state index in [1.165, 1.54) is 128 Å². The summed E-state index contributed by atoms with van der Waals surface area (Å²) in [7, 11) is -4.76. The number of carbonyl (C=O) groups is 3. The Bertz CT molecular complexity index is 1100. The number of aliphatic hydroxyl groups is 1. The lowest BCUT2D eigenvalue weighted by molar-refractivity contribution is -0.147. The van der Waals surface area contributed by atoms with E-state index in [2.05, 4.69) is 43.5 Å². The van der Waals surface area contributed by atoms with E-state index in [0.29, 0.717) is 12.8 Å². The van der Waals surface area contributed by atoms with E-state index in [1.54, 1.807) is 0 Å². The number of hydrogen-bond acceptors (Lipinski definition) is 8. The number of aliphatic hydroxyl groups excluding tert-OH is 1. The van der Waals surface area contributed by atoms with Crippen LogP contribution in [0.1, 0.15) is 226 Å². The molecule has 346 valence electrons. The van der Waals surface area contributed by atoms with Crippen LogP contribution >= 0.6 is 7.82 Å². The Morgan fingerprint density at radius 1 is 0.542 bits per heavy atom. The van der Waals surface area contributed by atoms with Crippen molar-refractivity contribution >= 4 is 25.7 Å². The number of phosphoric acid groups is 1. The first-order valence-electron chi connectivity index (χ1n) is 23.9. The number of rotatable bonds is 45. The Balaban J connectivity index is 3.86. The Morgan fingerprint density at radius 3 is 1.39 bits per heavy atom. The lowest BCUT2D eigenvalue weighted by Crippen LogP contribution is -2.43. The van der Waals surface area contributed by atoms with Crippen LogP contribution in [0.2, 0.25) is 0 Å². The molecule has 0 aliphatic rings.